The molecule has 208 valence electrons. The lowest BCUT2D eigenvalue weighted by molar-refractivity contribution is 0.0318. The number of benzene rings is 2. The number of rotatable bonds is 10. The molecule has 2 heterocycles. The number of amides is 1. The first-order chi connectivity index (χ1) is 19.5. The summed E-state index contributed by atoms with van der Waals surface area (Å²) in [5.74, 6) is -0.910. The van der Waals surface area contributed by atoms with Crippen LogP contribution in [-0.2, 0) is 4.74 Å². The normalized spacial score (nSPS) is 17.9. The number of hydrogen-bond acceptors (Lipinski definition) is 8. The van der Waals surface area contributed by atoms with E-state index in [1.54, 1.807) is 37.6 Å². The third-order valence-corrected chi connectivity index (χ3v) is 7.51. The van der Waals surface area contributed by atoms with Crippen molar-refractivity contribution in [2.24, 2.45) is 0 Å². The number of aromatic nitrogens is 1. The van der Waals surface area contributed by atoms with Crippen LogP contribution in [0.15, 0.2) is 67.0 Å². The van der Waals surface area contributed by atoms with Crippen LogP contribution in [-0.4, -0.2) is 86.4 Å². The van der Waals surface area contributed by atoms with Crippen molar-refractivity contribution in [3.8, 4) is 5.75 Å². The van der Waals surface area contributed by atoms with E-state index in [1.165, 1.54) is 12.3 Å². The third kappa shape index (κ3) is 5.76. The molecule has 0 radical (unpaired) electrons. The van der Waals surface area contributed by atoms with E-state index in [2.05, 4.69) is 26.2 Å². The van der Waals surface area contributed by atoms with Gasteiger partial charge in [0.15, 0.2) is 11.6 Å². The summed E-state index contributed by atoms with van der Waals surface area (Å²) in [6, 6.07) is 16.2. The molecule has 0 spiro atoms. The summed E-state index contributed by atoms with van der Waals surface area (Å²) in [5, 5.41) is 2.96. The van der Waals surface area contributed by atoms with E-state index in [-0.39, 0.29) is 29.1 Å². The van der Waals surface area contributed by atoms with Crippen molar-refractivity contribution < 1.29 is 23.9 Å². The van der Waals surface area contributed by atoms with Crippen LogP contribution in [0.2, 0.25) is 0 Å². The largest absolute Gasteiger partial charge is 0.495 e. The van der Waals surface area contributed by atoms with Crippen LogP contribution in [0.5, 0.6) is 5.75 Å². The zero-order valence-electron chi connectivity index (χ0n) is 22.8. The Hall–Kier alpha value is -4.08. The van der Waals surface area contributed by atoms with Crippen LogP contribution in [0.3, 0.4) is 0 Å². The molecule has 2 aliphatic rings. The molecule has 1 aromatic heterocycles. The average molecular weight is 543 g/mol. The molecule has 1 amide bonds. The molecule has 1 saturated heterocycles. The van der Waals surface area contributed by atoms with Gasteiger partial charge in [-0.3, -0.25) is 24.3 Å². The van der Waals surface area contributed by atoms with Gasteiger partial charge in [0, 0.05) is 75.0 Å². The molecular weight excluding hydrogens is 508 g/mol. The average Bonchev–Trinajstić information content (AvgIpc) is 3.25. The fraction of sp³-hybridized carbons (Fsp3) is 0.355. The minimum Gasteiger partial charge on any atom is -0.495 e. The summed E-state index contributed by atoms with van der Waals surface area (Å²) in [7, 11) is 1.69. The number of ketones is 2. The number of piperazine rings is 1. The van der Waals surface area contributed by atoms with Crippen molar-refractivity contribution in [1.82, 2.24) is 15.2 Å². The maximum atomic E-state index is 13.1. The van der Waals surface area contributed by atoms with Gasteiger partial charge in [-0.1, -0.05) is 18.2 Å². The Morgan fingerprint density at radius 1 is 1.02 bits per heavy atom. The first kappa shape index (κ1) is 27.5. The second-order valence-electron chi connectivity index (χ2n) is 9.96. The summed E-state index contributed by atoms with van der Waals surface area (Å²) >= 11 is 0. The van der Waals surface area contributed by atoms with Crippen molar-refractivity contribution in [3.63, 3.8) is 0 Å². The number of methoxy groups -OCH3 is 1. The zero-order valence-corrected chi connectivity index (χ0v) is 22.8. The number of Topliss-reactive ketones (excluding diaryl/α,β-unsaturated/α-hetero) is 2. The van der Waals surface area contributed by atoms with E-state index in [4.69, 9.17) is 9.47 Å². The van der Waals surface area contributed by atoms with E-state index in [0.717, 1.165) is 37.6 Å². The third-order valence-electron chi connectivity index (χ3n) is 7.51. The van der Waals surface area contributed by atoms with Crippen LogP contribution >= 0.6 is 0 Å². The number of para-hydroxylation sites is 2. The number of ether oxygens (including phenoxy) is 2. The molecule has 40 heavy (non-hydrogen) atoms. The number of nitrogens with zero attached hydrogens (tertiary/aromatic N) is 3. The second kappa shape index (κ2) is 12.4. The number of hydrogen-bond donors (Lipinski definition) is 1. The summed E-state index contributed by atoms with van der Waals surface area (Å²) in [6.45, 7) is 6.98. The van der Waals surface area contributed by atoms with Gasteiger partial charge in [0.2, 0.25) is 0 Å². The topological polar surface area (TPSA) is 101 Å². The Bertz CT molecular complexity index is 1370. The minimum atomic E-state index is -0.909. The number of carbonyl (C=O) groups is 3. The highest BCUT2D eigenvalue weighted by atomic mass is 16.5. The number of fused-ring (bicyclic) bond motifs is 1. The van der Waals surface area contributed by atoms with E-state index in [9.17, 15) is 14.4 Å². The summed E-state index contributed by atoms with van der Waals surface area (Å²) in [4.78, 5) is 47.8. The van der Waals surface area contributed by atoms with Gasteiger partial charge in [-0.15, -0.1) is 0 Å². The molecule has 2 unspecified atom stereocenters. The molecule has 9 heteroatoms. The first-order valence-corrected chi connectivity index (χ1v) is 13.6. The fourth-order valence-corrected chi connectivity index (χ4v) is 5.45. The van der Waals surface area contributed by atoms with Crippen LogP contribution in [0.1, 0.15) is 49.5 Å². The maximum absolute atomic E-state index is 13.1. The lowest BCUT2D eigenvalue weighted by atomic mass is 9.96. The van der Waals surface area contributed by atoms with Gasteiger partial charge in [0.25, 0.3) is 5.91 Å². The second-order valence-corrected chi connectivity index (χ2v) is 9.96. The molecule has 0 bridgehead atoms. The van der Waals surface area contributed by atoms with Gasteiger partial charge in [-0.25, -0.2) is 0 Å². The smallest absolute Gasteiger partial charge is 0.251 e. The summed E-state index contributed by atoms with van der Waals surface area (Å²) < 4.78 is 11.5. The zero-order chi connectivity index (χ0) is 28.1. The lowest BCUT2D eigenvalue weighted by Crippen LogP contribution is -2.50. The minimum absolute atomic E-state index is 0.181. The Kier molecular flexibility index (Phi) is 8.52. The summed E-state index contributed by atoms with van der Waals surface area (Å²) in [5.41, 5.74) is 2.62. The van der Waals surface area contributed by atoms with Crippen molar-refractivity contribution in [2.45, 2.75) is 18.9 Å². The quantitative estimate of drug-likeness (QED) is 0.390. The molecule has 3 aromatic rings. The first-order valence-electron chi connectivity index (χ1n) is 13.6. The Balaban J connectivity index is 1.17. The fourth-order valence-electron chi connectivity index (χ4n) is 5.45. The molecule has 0 saturated carbocycles. The van der Waals surface area contributed by atoms with Gasteiger partial charge in [-0.2, -0.15) is 0 Å². The molecule has 1 aliphatic carbocycles. The van der Waals surface area contributed by atoms with Crippen LogP contribution < -0.4 is 15.0 Å². The predicted octanol–water partition coefficient (Wildman–Crippen LogP) is 3.21. The van der Waals surface area contributed by atoms with Crippen LogP contribution in [0, 0.1) is 0 Å². The van der Waals surface area contributed by atoms with Crippen molar-refractivity contribution >= 4 is 23.2 Å². The van der Waals surface area contributed by atoms with E-state index in [0.29, 0.717) is 36.4 Å². The summed E-state index contributed by atoms with van der Waals surface area (Å²) in [6.07, 6.45) is 2.95. The van der Waals surface area contributed by atoms with E-state index < -0.39 is 5.92 Å². The van der Waals surface area contributed by atoms with E-state index in [1.807, 2.05) is 25.1 Å². The molecule has 1 aliphatic heterocycles. The number of nitrogens with one attached hydrogen (secondary N) is 1. The van der Waals surface area contributed by atoms with Crippen molar-refractivity contribution in [3.05, 3.63) is 89.2 Å². The molecule has 2 atom stereocenters. The van der Waals surface area contributed by atoms with Gasteiger partial charge in [-0.05, 0) is 48.9 Å². The predicted molar refractivity (Wildman–Crippen MR) is 151 cm³/mol. The number of pyridine rings is 1. The molecule has 5 rings (SSSR count). The van der Waals surface area contributed by atoms with Gasteiger partial charge < -0.3 is 19.7 Å². The molecule has 1 fully saturated rings. The molecule has 1 N–H and O–H groups in total. The Morgan fingerprint density at radius 2 is 1.80 bits per heavy atom. The standard InChI is InChI=1S/C31H34N4O5/c1-3-40-23(20-34-13-15-35(16-14-34)26-8-4-5-9-27(26)39-2)19-33-31(38)21-10-11-24-25(17-21)30(37)28(29(24)36)22-7-6-12-32-18-22/h4-12,17-18,23,28H,3,13-16,19-20H2,1-2H3,(H,33,38). The highest BCUT2D eigenvalue weighted by Crippen LogP contribution is 2.34. The van der Waals surface area contributed by atoms with Crippen LogP contribution in [0.25, 0.3) is 0 Å². The number of carbonyl (C=O) groups excluding carboxylic acids is 3. The molecule has 2 aromatic carbocycles. The van der Waals surface area contributed by atoms with Gasteiger partial charge >= 0.3 is 0 Å². The van der Waals surface area contributed by atoms with Crippen molar-refractivity contribution in [2.75, 3.05) is 57.9 Å². The van der Waals surface area contributed by atoms with Crippen molar-refractivity contribution in [1.29, 1.82) is 0 Å². The Morgan fingerprint density at radius 3 is 2.52 bits per heavy atom. The lowest BCUT2D eigenvalue weighted by Gasteiger charge is -2.38. The van der Waals surface area contributed by atoms with Gasteiger partial charge in [0.05, 0.1) is 18.9 Å². The number of anilines is 1. The monoisotopic (exact) mass is 542 g/mol. The van der Waals surface area contributed by atoms with E-state index >= 15 is 0 Å². The maximum Gasteiger partial charge on any atom is 0.251 e. The van der Waals surface area contributed by atoms with Gasteiger partial charge in [0.1, 0.15) is 11.7 Å². The molecule has 9 nitrogen and oxygen atoms in total. The van der Waals surface area contributed by atoms with Crippen LogP contribution in [0.4, 0.5) is 5.69 Å². The highest BCUT2D eigenvalue weighted by molar-refractivity contribution is 6.30. The molecular formula is C31H34N4O5. The highest BCUT2D eigenvalue weighted by Gasteiger charge is 2.40. The Labute approximate surface area is 234 Å². The SMILES string of the molecule is CCOC(CNC(=O)c1ccc2c(c1)C(=O)C(c1cccnc1)C2=O)CN1CCN(c2ccccc2OC)CC1.